The molecule has 3 amide bonds. The van der Waals surface area contributed by atoms with E-state index in [1.165, 1.54) is 0 Å². The number of carbonyl (C=O) groups excluding carboxylic acids is 3. The molecule has 1 saturated heterocycles. The van der Waals surface area contributed by atoms with E-state index in [1.807, 2.05) is 25.7 Å². The van der Waals surface area contributed by atoms with Crippen LogP contribution in [0.4, 0.5) is 4.79 Å². The zero-order valence-electron chi connectivity index (χ0n) is 15.3. The minimum atomic E-state index is -0.665. The van der Waals surface area contributed by atoms with E-state index < -0.39 is 17.0 Å². The highest BCUT2D eigenvalue weighted by molar-refractivity contribution is 5.81. The van der Waals surface area contributed by atoms with Crippen molar-refractivity contribution < 1.29 is 19.1 Å². The highest BCUT2D eigenvalue weighted by atomic mass is 16.6. The molecule has 1 aliphatic rings. The van der Waals surface area contributed by atoms with Crippen LogP contribution in [0.15, 0.2) is 0 Å². The molecule has 0 bridgehead atoms. The van der Waals surface area contributed by atoms with Crippen molar-refractivity contribution in [3.63, 3.8) is 0 Å². The van der Waals surface area contributed by atoms with E-state index in [9.17, 15) is 14.4 Å². The highest BCUT2D eigenvalue weighted by Crippen LogP contribution is 2.12. The molecule has 0 radical (unpaired) electrons. The van der Waals surface area contributed by atoms with Gasteiger partial charge in [-0.2, -0.15) is 0 Å². The van der Waals surface area contributed by atoms with Crippen LogP contribution in [0.5, 0.6) is 0 Å². The van der Waals surface area contributed by atoms with Gasteiger partial charge in [0.05, 0.1) is 6.54 Å². The van der Waals surface area contributed by atoms with Crippen LogP contribution in [0.2, 0.25) is 0 Å². The van der Waals surface area contributed by atoms with Crippen LogP contribution in [0.25, 0.3) is 0 Å². The SMILES string of the molecule is CC(C)(CC(N)=O)NC(=O)CN1CCN(C(=O)OC(C)(C)C)CC1. The Bertz CT molecular complexity index is 477. The standard InChI is InChI=1S/C16H30N4O4/c1-15(2,3)24-14(23)20-8-6-19(7-9-20)11-13(22)18-16(4,5)10-12(17)21/h6-11H2,1-5H3,(H2,17,21)(H,18,22). The minimum absolute atomic E-state index is 0.0885. The number of hydrogen-bond acceptors (Lipinski definition) is 5. The van der Waals surface area contributed by atoms with Crippen molar-refractivity contribution in [1.29, 1.82) is 0 Å². The van der Waals surface area contributed by atoms with Crippen LogP contribution in [0, 0.1) is 0 Å². The third-order valence-corrected chi connectivity index (χ3v) is 3.49. The maximum Gasteiger partial charge on any atom is 0.410 e. The van der Waals surface area contributed by atoms with Crippen LogP contribution < -0.4 is 11.1 Å². The summed E-state index contributed by atoms with van der Waals surface area (Å²) in [5.41, 5.74) is 4.00. The van der Waals surface area contributed by atoms with Gasteiger partial charge in [-0.1, -0.05) is 0 Å². The van der Waals surface area contributed by atoms with Crippen molar-refractivity contribution in [2.75, 3.05) is 32.7 Å². The summed E-state index contributed by atoms with van der Waals surface area (Å²) in [6.07, 6.45) is -0.236. The number of rotatable bonds is 5. The predicted octanol–water partition coefficient (Wildman–Crippen LogP) is 0.309. The monoisotopic (exact) mass is 342 g/mol. The zero-order chi connectivity index (χ0) is 18.5. The third kappa shape index (κ3) is 7.63. The summed E-state index contributed by atoms with van der Waals surface area (Å²) in [6, 6.07) is 0. The fraction of sp³-hybridized carbons (Fsp3) is 0.812. The Balaban J connectivity index is 2.39. The first-order valence-corrected chi connectivity index (χ1v) is 8.17. The van der Waals surface area contributed by atoms with Gasteiger partial charge in [-0.3, -0.25) is 14.5 Å². The van der Waals surface area contributed by atoms with Gasteiger partial charge in [-0.05, 0) is 34.6 Å². The number of piperazine rings is 1. The van der Waals surface area contributed by atoms with Crippen molar-refractivity contribution in [3.8, 4) is 0 Å². The van der Waals surface area contributed by atoms with E-state index in [1.54, 1.807) is 18.7 Å². The fourth-order valence-corrected chi connectivity index (χ4v) is 2.51. The first kappa shape index (κ1) is 20.2. The molecule has 0 unspecified atom stereocenters. The van der Waals surface area contributed by atoms with E-state index in [0.717, 1.165) is 0 Å². The molecular weight excluding hydrogens is 312 g/mol. The number of carbonyl (C=O) groups is 3. The summed E-state index contributed by atoms with van der Waals surface area (Å²) < 4.78 is 5.34. The Morgan fingerprint density at radius 1 is 1.04 bits per heavy atom. The highest BCUT2D eigenvalue weighted by Gasteiger charge is 2.28. The largest absolute Gasteiger partial charge is 0.444 e. The Labute approximate surface area is 143 Å². The molecule has 1 aliphatic heterocycles. The van der Waals surface area contributed by atoms with Gasteiger partial charge in [0.2, 0.25) is 11.8 Å². The molecule has 3 N–H and O–H groups in total. The molecule has 0 atom stereocenters. The summed E-state index contributed by atoms with van der Waals surface area (Å²) in [4.78, 5) is 38.7. The lowest BCUT2D eigenvalue weighted by atomic mass is 10.0. The second-order valence-corrected chi connectivity index (χ2v) is 7.82. The molecule has 0 aromatic rings. The van der Waals surface area contributed by atoms with Crippen molar-refractivity contribution in [2.45, 2.75) is 52.2 Å². The molecule has 0 saturated carbocycles. The zero-order valence-corrected chi connectivity index (χ0v) is 15.3. The molecular formula is C16H30N4O4. The third-order valence-electron chi connectivity index (χ3n) is 3.49. The van der Waals surface area contributed by atoms with Crippen molar-refractivity contribution in [2.24, 2.45) is 5.73 Å². The number of nitrogens with two attached hydrogens (primary N) is 1. The van der Waals surface area contributed by atoms with Gasteiger partial charge in [-0.15, -0.1) is 0 Å². The molecule has 8 heteroatoms. The number of nitrogens with zero attached hydrogens (tertiary/aromatic N) is 2. The molecule has 0 spiro atoms. The van der Waals surface area contributed by atoms with E-state index >= 15 is 0 Å². The molecule has 0 aliphatic carbocycles. The van der Waals surface area contributed by atoms with Crippen LogP contribution >= 0.6 is 0 Å². The van der Waals surface area contributed by atoms with Crippen LogP contribution in [-0.4, -0.2) is 71.6 Å². The van der Waals surface area contributed by atoms with Crippen molar-refractivity contribution in [1.82, 2.24) is 15.1 Å². The number of hydrogen-bond donors (Lipinski definition) is 2. The van der Waals surface area contributed by atoms with Gasteiger partial charge < -0.3 is 20.7 Å². The van der Waals surface area contributed by atoms with Gasteiger partial charge in [0.25, 0.3) is 0 Å². The average molecular weight is 342 g/mol. The average Bonchev–Trinajstić information content (AvgIpc) is 2.34. The molecule has 0 aromatic carbocycles. The summed E-state index contributed by atoms with van der Waals surface area (Å²) in [6.45, 7) is 11.5. The number of primary amides is 1. The Kier molecular flexibility index (Phi) is 6.59. The fourth-order valence-electron chi connectivity index (χ4n) is 2.51. The first-order chi connectivity index (χ1) is 10.9. The maximum atomic E-state index is 12.1. The van der Waals surface area contributed by atoms with Crippen molar-refractivity contribution in [3.05, 3.63) is 0 Å². The predicted molar refractivity (Wildman–Crippen MR) is 90.3 cm³/mol. The summed E-state index contributed by atoms with van der Waals surface area (Å²) in [5, 5.41) is 2.81. The normalized spacial score (nSPS) is 16.6. The van der Waals surface area contributed by atoms with E-state index in [-0.39, 0.29) is 25.0 Å². The Morgan fingerprint density at radius 3 is 2.04 bits per heavy atom. The molecule has 1 rings (SSSR count). The summed E-state index contributed by atoms with van der Waals surface area (Å²) >= 11 is 0. The van der Waals surface area contributed by atoms with Gasteiger partial charge in [-0.25, -0.2) is 4.79 Å². The second-order valence-electron chi connectivity index (χ2n) is 7.82. The summed E-state index contributed by atoms with van der Waals surface area (Å²) in [5.74, 6) is -0.613. The molecule has 1 fully saturated rings. The number of amides is 3. The van der Waals surface area contributed by atoms with E-state index in [0.29, 0.717) is 26.2 Å². The number of nitrogens with one attached hydrogen (secondary N) is 1. The Morgan fingerprint density at radius 2 is 1.58 bits per heavy atom. The topological polar surface area (TPSA) is 105 Å². The lowest BCUT2D eigenvalue weighted by Gasteiger charge is -2.35. The van der Waals surface area contributed by atoms with Crippen molar-refractivity contribution >= 4 is 17.9 Å². The second kappa shape index (κ2) is 7.83. The van der Waals surface area contributed by atoms with Gasteiger partial charge in [0.1, 0.15) is 5.60 Å². The van der Waals surface area contributed by atoms with Crippen LogP contribution in [-0.2, 0) is 14.3 Å². The lowest BCUT2D eigenvalue weighted by molar-refractivity contribution is -0.125. The van der Waals surface area contributed by atoms with E-state index in [2.05, 4.69) is 5.32 Å². The number of ether oxygens (including phenoxy) is 1. The smallest absolute Gasteiger partial charge is 0.410 e. The van der Waals surface area contributed by atoms with Gasteiger partial charge >= 0.3 is 6.09 Å². The Hall–Kier alpha value is -1.83. The van der Waals surface area contributed by atoms with Crippen LogP contribution in [0.1, 0.15) is 41.0 Å². The first-order valence-electron chi connectivity index (χ1n) is 8.17. The maximum absolute atomic E-state index is 12.1. The molecule has 1 heterocycles. The van der Waals surface area contributed by atoms with Gasteiger partial charge in [0.15, 0.2) is 0 Å². The quantitative estimate of drug-likeness (QED) is 0.748. The summed E-state index contributed by atoms with van der Waals surface area (Å²) in [7, 11) is 0. The minimum Gasteiger partial charge on any atom is -0.444 e. The van der Waals surface area contributed by atoms with Crippen LogP contribution in [0.3, 0.4) is 0 Å². The molecule has 138 valence electrons. The molecule has 24 heavy (non-hydrogen) atoms. The lowest BCUT2D eigenvalue weighted by Crippen LogP contribution is -2.54. The van der Waals surface area contributed by atoms with E-state index in [4.69, 9.17) is 10.5 Å². The van der Waals surface area contributed by atoms with Gasteiger partial charge in [0, 0.05) is 38.1 Å². The molecule has 0 aromatic heterocycles. The molecule has 8 nitrogen and oxygen atoms in total.